The number of carbonyl (C=O) groups is 1. The molecule has 1 fully saturated rings. The van der Waals surface area contributed by atoms with Gasteiger partial charge in [-0.2, -0.15) is 3.97 Å². The average Bonchev–Trinajstić information content (AvgIpc) is 3.16. The number of methoxy groups -OCH3 is 1. The van der Waals surface area contributed by atoms with Crippen molar-refractivity contribution in [2.45, 2.75) is 56.9 Å². The molecular formula is C25H31ClN4O5S. The first-order valence-corrected chi connectivity index (χ1v) is 14.0. The number of ether oxygens (including phenoxy) is 1. The van der Waals surface area contributed by atoms with Crippen molar-refractivity contribution < 1.29 is 17.9 Å². The van der Waals surface area contributed by atoms with Crippen LogP contribution < -0.4 is 15.7 Å². The van der Waals surface area contributed by atoms with E-state index in [0.29, 0.717) is 29.3 Å². The summed E-state index contributed by atoms with van der Waals surface area (Å²) in [6.45, 7) is 4.80. The first-order chi connectivity index (χ1) is 17.2. The van der Waals surface area contributed by atoms with Crippen LogP contribution in [0.25, 0.3) is 11.0 Å². The van der Waals surface area contributed by atoms with Gasteiger partial charge in [-0.25, -0.2) is 18.0 Å². The van der Waals surface area contributed by atoms with Crippen molar-refractivity contribution in [3.63, 3.8) is 0 Å². The van der Waals surface area contributed by atoms with Crippen LogP contribution in [-0.4, -0.2) is 48.1 Å². The summed E-state index contributed by atoms with van der Waals surface area (Å²) in [5, 5.41) is 3.18. The molecule has 1 aliphatic rings. The van der Waals surface area contributed by atoms with E-state index in [2.05, 4.69) is 5.32 Å². The van der Waals surface area contributed by atoms with Crippen LogP contribution in [0.4, 0.5) is 10.5 Å². The molecule has 36 heavy (non-hydrogen) atoms. The number of fused-ring (bicyclic) bond motifs is 1. The number of nitrogens with one attached hydrogen (secondary N) is 1. The molecule has 0 radical (unpaired) electrons. The Morgan fingerprint density at radius 1 is 1.08 bits per heavy atom. The number of rotatable bonds is 7. The minimum Gasteiger partial charge on any atom is -0.495 e. The number of hydrogen-bond acceptors (Lipinski definition) is 5. The number of benzene rings is 2. The van der Waals surface area contributed by atoms with Crippen molar-refractivity contribution in [2.24, 2.45) is 0 Å². The van der Waals surface area contributed by atoms with Crippen molar-refractivity contribution in [2.75, 3.05) is 25.5 Å². The molecule has 0 unspecified atom stereocenters. The Morgan fingerprint density at radius 2 is 1.78 bits per heavy atom. The predicted molar refractivity (Wildman–Crippen MR) is 141 cm³/mol. The molecule has 2 amide bonds. The molecule has 1 saturated carbocycles. The van der Waals surface area contributed by atoms with E-state index in [1.807, 2.05) is 13.8 Å². The Bertz CT molecular complexity index is 1440. The Hall–Kier alpha value is -2.98. The van der Waals surface area contributed by atoms with Gasteiger partial charge in [0.1, 0.15) is 10.6 Å². The second-order valence-corrected chi connectivity index (χ2v) is 11.0. The molecule has 0 bridgehead atoms. The van der Waals surface area contributed by atoms with Crippen molar-refractivity contribution in [3.8, 4) is 5.75 Å². The van der Waals surface area contributed by atoms with E-state index >= 15 is 0 Å². The van der Waals surface area contributed by atoms with Gasteiger partial charge in [0.25, 0.3) is 10.0 Å². The summed E-state index contributed by atoms with van der Waals surface area (Å²) >= 11 is 6.24. The normalized spacial score (nSPS) is 14.7. The van der Waals surface area contributed by atoms with Crippen molar-refractivity contribution in [1.82, 2.24) is 13.4 Å². The minimum absolute atomic E-state index is 0.0202. The molecule has 11 heteroatoms. The Balaban J connectivity index is 1.83. The van der Waals surface area contributed by atoms with Crippen LogP contribution >= 0.6 is 11.6 Å². The fourth-order valence-electron chi connectivity index (χ4n) is 4.86. The summed E-state index contributed by atoms with van der Waals surface area (Å²) in [4.78, 5) is 27.5. The van der Waals surface area contributed by atoms with Crippen molar-refractivity contribution in [1.29, 1.82) is 0 Å². The lowest BCUT2D eigenvalue weighted by molar-refractivity contribution is 0.217. The molecule has 0 saturated heterocycles. The zero-order valence-corrected chi connectivity index (χ0v) is 22.2. The second-order valence-electron chi connectivity index (χ2n) is 8.81. The lowest BCUT2D eigenvalue weighted by Crippen LogP contribution is -2.34. The maximum absolute atomic E-state index is 13.9. The third-order valence-corrected chi connectivity index (χ3v) is 8.68. The van der Waals surface area contributed by atoms with Crippen LogP contribution in [0.3, 0.4) is 0 Å². The molecule has 2 aromatic carbocycles. The summed E-state index contributed by atoms with van der Waals surface area (Å²) in [6, 6.07) is 8.64. The molecule has 0 spiro atoms. The number of nitrogens with zero attached hydrogens (tertiary/aromatic N) is 3. The molecule has 9 nitrogen and oxygen atoms in total. The number of imidazole rings is 1. The van der Waals surface area contributed by atoms with E-state index in [4.69, 9.17) is 16.3 Å². The van der Waals surface area contributed by atoms with Gasteiger partial charge in [-0.05, 0) is 57.0 Å². The number of urea groups is 1. The van der Waals surface area contributed by atoms with E-state index in [1.54, 1.807) is 27.7 Å². The lowest BCUT2D eigenvalue weighted by atomic mass is 9.95. The molecule has 0 aliphatic heterocycles. The third-order valence-electron chi connectivity index (χ3n) is 6.72. The zero-order valence-electron chi connectivity index (χ0n) is 20.7. The Labute approximate surface area is 215 Å². The van der Waals surface area contributed by atoms with Crippen molar-refractivity contribution in [3.05, 3.63) is 51.9 Å². The maximum atomic E-state index is 13.9. The largest absolute Gasteiger partial charge is 0.495 e. The van der Waals surface area contributed by atoms with Gasteiger partial charge >= 0.3 is 11.7 Å². The van der Waals surface area contributed by atoms with Crippen LogP contribution in [0.1, 0.15) is 52.0 Å². The number of amides is 2. The van der Waals surface area contributed by atoms with E-state index < -0.39 is 15.7 Å². The lowest BCUT2D eigenvalue weighted by Gasteiger charge is -2.22. The fourth-order valence-corrected chi connectivity index (χ4v) is 6.57. The highest BCUT2D eigenvalue weighted by Gasteiger charge is 2.31. The van der Waals surface area contributed by atoms with Crippen LogP contribution in [-0.2, 0) is 10.0 Å². The SMILES string of the molecule is CCN(CC)C(=O)Nc1ccc(S(=O)(=O)n2c(=O)n(C3CCCCC3)c3cc(Cl)ccc32)c(OC)c1. The number of aromatic nitrogens is 2. The van der Waals surface area contributed by atoms with Gasteiger partial charge in [0.2, 0.25) is 0 Å². The maximum Gasteiger partial charge on any atom is 0.343 e. The molecular weight excluding hydrogens is 504 g/mol. The van der Waals surface area contributed by atoms with Crippen LogP contribution in [0.5, 0.6) is 5.75 Å². The van der Waals surface area contributed by atoms with E-state index in [9.17, 15) is 18.0 Å². The topological polar surface area (TPSA) is 103 Å². The molecule has 1 N–H and O–H groups in total. The average molecular weight is 535 g/mol. The van der Waals surface area contributed by atoms with Crippen LogP contribution in [0.2, 0.25) is 5.02 Å². The van der Waals surface area contributed by atoms with Crippen LogP contribution in [0.15, 0.2) is 46.1 Å². The molecule has 1 aliphatic carbocycles. The highest BCUT2D eigenvalue weighted by atomic mass is 35.5. The highest BCUT2D eigenvalue weighted by Crippen LogP contribution is 2.34. The predicted octanol–water partition coefficient (Wildman–Crippen LogP) is 5.08. The highest BCUT2D eigenvalue weighted by molar-refractivity contribution is 7.90. The summed E-state index contributed by atoms with van der Waals surface area (Å²) in [7, 11) is -3.00. The minimum atomic E-state index is -4.35. The summed E-state index contributed by atoms with van der Waals surface area (Å²) in [6.07, 6.45) is 4.65. The molecule has 3 aromatic rings. The monoisotopic (exact) mass is 534 g/mol. The van der Waals surface area contributed by atoms with Gasteiger partial charge in [-0.15, -0.1) is 0 Å². The van der Waals surface area contributed by atoms with E-state index in [-0.39, 0.29) is 28.2 Å². The summed E-state index contributed by atoms with van der Waals surface area (Å²) < 4.78 is 35.6. The first-order valence-electron chi connectivity index (χ1n) is 12.1. The van der Waals surface area contributed by atoms with Gasteiger partial charge in [0.15, 0.2) is 0 Å². The molecule has 4 rings (SSSR count). The van der Waals surface area contributed by atoms with Crippen molar-refractivity contribution >= 4 is 44.4 Å². The van der Waals surface area contributed by atoms with Gasteiger partial charge in [0, 0.05) is 35.9 Å². The second kappa shape index (κ2) is 10.6. The number of anilines is 1. The number of halogens is 1. The Kier molecular flexibility index (Phi) is 7.65. The smallest absolute Gasteiger partial charge is 0.343 e. The molecule has 194 valence electrons. The molecule has 1 heterocycles. The van der Waals surface area contributed by atoms with Gasteiger partial charge < -0.3 is 15.0 Å². The Morgan fingerprint density at radius 3 is 2.42 bits per heavy atom. The van der Waals surface area contributed by atoms with Gasteiger partial charge in [-0.1, -0.05) is 30.9 Å². The fraction of sp³-hybridized carbons (Fsp3) is 0.440. The standard InChI is InChI=1S/C25H31ClN4O5S/c1-4-28(5-2)24(31)27-18-12-14-23(22(16-18)35-3)36(33,34)30-20-13-11-17(26)15-21(20)29(25(30)32)19-9-7-6-8-10-19/h11-16,19H,4-10H2,1-3H3,(H,27,31). The van der Waals surface area contributed by atoms with Gasteiger partial charge in [0.05, 0.1) is 18.1 Å². The van der Waals surface area contributed by atoms with E-state index in [0.717, 1.165) is 36.1 Å². The number of carbonyl (C=O) groups excluding carboxylic acids is 1. The summed E-state index contributed by atoms with van der Waals surface area (Å²) in [5.41, 5.74) is 0.507. The molecule has 1 aromatic heterocycles. The number of hydrogen-bond donors (Lipinski definition) is 1. The van der Waals surface area contributed by atoms with E-state index in [1.165, 1.54) is 25.3 Å². The summed E-state index contributed by atoms with van der Waals surface area (Å²) in [5.74, 6) is 0.0202. The zero-order chi connectivity index (χ0) is 26.0. The van der Waals surface area contributed by atoms with Gasteiger partial charge in [-0.3, -0.25) is 4.57 Å². The molecule has 0 atom stereocenters. The van der Waals surface area contributed by atoms with Crippen LogP contribution in [0, 0.1) is 0 Å². The first kappa shape index (κ1) is 26.1. The quantitative estimate of drug-likeness (QED) is 0.455. The third kappa shape index (κ3) is 4.71.